The van der Waals surface area contributed by atoms with E-state index < -0.39 is 5.91 Å². The van der Waals surface area contributed by atoms with Crippen LogP contribution in [-0.4, -0.2) is 20.7 Å². The van der Waals surface area contributed by atoms with Crippen molar-refractivity contribution in [3.8, 4) is 5.75 Å². The van der Waals surface area contributed by atoms with Crippen molar-refractivity contribution in [1.29, 1.82) is 0 Å². The quantitative estimate of drug-likeness (QED) is 0.404. The van der Waals surface area contributed by atoms with E-state index in [4.69, 9.17) is 32.4 Å². The van der Waals surface area contributed by atoms with Gasteiger partial charge in [-0.25, -0.2) is 9.67 Å². The molecule has 31 heavy (non-hydrogen) atoms. The number of benzene rings is 2. The molecule has 2 aromatic heterocycles. The van der Waals surface area contributed by atoms with Gasteiger partial charge in [0.1, 0.15) is 29.5 Å². The number of ether oxygens (including phenoxy) is 1. The van der Waals surface area contributed by atoms with Crippen LogP contribution in [0.3, 0.4) is 0 Å². The monoisotopic (exact) mass is 456 g/mol. The maximum Gasteiger partial charge on any atom is 0.293 e. The number of rotatable bonds is 7. The van der Waals surface area contributed by atoms with Crippen molar-refractivity contribution in [2.24, 2.45) is 0 Å². The van der Waals surface area contributed by atoms with Crippen molar-refractivity contribution in [3.05, 3.63) is 93.6 Å². The van der Waals surface area contributed by atoms with Gasteiger partial charge >= 0.3 is 0 Å². The SMILES string of the molecule is Cc1cccc(Cn2cnc(NC(=O)c3ccc(COc4cccc(Cl)c4Cl)o3)n2)c1. The summed E-state index contributed by atoms with van der Waals surface area (Å²) in [6.07, 6.45) is 1.56. The molecule has 0 unspecified atom stereocenters. The van der Waals surface area contributed by atoms with Crippen LogP contribution in [0.5, 0.6) is 5.75 Å². The molecule has 0 atom stereocenters. The normalized spacial score (nSPS) is 10.8. The zero-order valence-electron chi connectivity index (χ0n) is 16.5. The molecule has 9 heteroatoms. The first-order valence-corrected chi connectivity index (χ1v) is 10.2. The molecule has 1 N–H and O–H groups in total. The molecule has 4 aromatic rings. The van der Waals surface area contributed by atoms with Crippen molar-refractivity contribution >= 4 is 35.1 Å². The van der Waals surface area contributed by atoms with Crippen LogP contribution in [0.15, 0.2) is 65.3 Å². The lowest BCUT2D eigenvalue weighted by Gasteiger charge is -2.07. The molecule has 0 aliphatic rings. The van der Waals surface area contributed by atoms with Gasteiger partial charge in [0, 0.05) is 0 Å². The Morgan fingerprint density at radius 2 is 2.00 bits per heavy atom. The summed E-state index contributed by atoms with van der Waals surface area (Å²) < 4.78 is 12.8. The molecule has 7 nitrogen and oxygen atoms in total. The molecule has 0 spiro atoms. The van der Waals surface area contributed by atoms with Crippen LogP contribution in [0.2, 0.25) is 10.0 Å². The number of carbonyl (C=O) groups excluding carboxylic acids is 1. The molecular weight excluding hydrogens is 439 g/mol. The fourth-order valence-corrected chi connectivity index (χ4v) is 3.26. The van der Waals surface area contributed by atoms with Gasteiger partial charge in [0.25, 0.3) is 5.91 Å². The van der Waals surface area contributed by atoms with Crippen LogP contribution in [-0.2, 0) is 13.2 Å². The van der Waals surface area contributed by atoms with Crippen LogP contribution < -0.4 is 10.1 Å². The Morgan fingerprint density at radius 1 is 1.16 bits per heavy atom. The highest BCUT2D eigenvalue weighted by atomic mass is 35.5. The Kier molecular flexibility index (Phi) is 6.25. The van der Waals surface area contributed by atoms with E-state index in [9.17, 15) is 4.79 Å². The third-order valence-electron chi connectivity index (χ3n) is 4.36. The van der Waals surface area contributed by atoms with Gasteiger partial charge in [-0.2, -0.15) is 0 Å². The predicted octanol–water partition coefficient (Wildman–Crippen LogP) is 5.37. The summed E-state index contributed by atoms with van der Waals surface area (Å²) in [4.78, 5) is 16.6. The van der Waals surface area contributed by atoms with Gasteiger partial charge in [0.15, 0.2) is 5.76 Å². The van der Waals surface area contributed by atoms with Crippen LogP contribution in [0, 0.1) is 6.92 Å². The van der Waals surface area contributed by atoms with Crippen molar-refractivity contribution < 1.29 is 13.9 Å². The Hall–Kier alpha value is -3.29. The van der Waals surface area contributed by atoms with Gasteiger partial charge in [-0.1, -0.05) is 59.1 Å². The topological polar surface area (TPSA) is 82.2 Å². The Bertz CT molecular complexity index is 1220. The Labute approximate surface area is 188 Å². The second kappa shape index (κ2) is 9.24. The number of aromatic nitrogens is 3. The standard InChI is InChI=1S/C22H18Cl2N4O3/c1-14-4-2-5-15(10-14)11-28-13-25-22(27-28)26-21(29)19-9-8-16(31-19)12-30-18-7-3-6-17(23)20(18)24/h2-10,13H,11-12H2,1H3,(H,26,27,29). The highest BCUT2D eigenvalue weighted by molar-refractivity contribution is 6.42. The van der Waals surface area contributed by atoms with Gasteiger partial charge in [0.05, 0.1) is 11.6 Å². The fraction of sp³-hybridized carbons (Fsp3) is 0.136. The van der Waals surface area contributed by atoms with Crippen molar-refractivity contribution in [2.45, 2.75) is 20.1 Å². The first-order valence-electron chi connectivity index (χ1n) is 9.40. The van der Waals surface area contributed by atoms with Gasteiger partial charge in [-0.15, -0.1) is 5.10 Å². The second-order valence-corrected chi connectivity index (χ2v) is 7.60. The lowest BCUT2D eigenvalue weighted by Crippen LogP contribution is -2.12. The van der Waals surface area contributed by atoms with E-state index in [0.29, 0.717) is 28.1 Å². The molecule has 2 heterocycles. The zero-order chi connectivity index (χ0) is 21.8. The summed E-state index contributed by atoms with van der Waals surface area (Å²) in [6.45, 7) is 2.68. The van der Waals surface area contributed by atoms with Gasteiger partial charge in [-0.3, -0.25) is 10.1 Å². The van der Waals surface area contributed by atoms with E-state index in [-0.39, 0.29) is 18.3 Å². The molecule has 158 valence electrons. The van der Waals surface area contributed by atoms with Gasteiger partial charge in [-0.05, 0) is 36.8 Å². The number of aryl methyl sites for hydroxylation is 1. The van der Waals surface area contributed by atoms with E-state index in [1.54, 1.807) is 41.3 Å². The number of anilines is 1. The smallest absolute Gasteiger partial charge is 0.293 e. The Balaban J connectivity index is 1.35. The van der Waals surface area contributed by atoms with Crippen LogP contribution >= 0.6 is 23.2 Å². The lowest BCUT2D eigenvalue weighted by molar-refractivity contribution is 0.0991. The Morgan fingerprint density at radius 3 is 2.84 bits per heavy atom. The summed E-state index contributed by atoms with van der Waals surface area (Å²) in [5, 5.41) is 7.62. The largest absolute Gasteiger partial charge is 0.484 e. The number of furan rings is 1. The summed E-state index contributed by atoms with van der Waals surface area (Å²) in [5.41, 5.74) is 2.26. The molecule has 1 amide bonds. The highest BCUT2D eigenvalue weighted by Crippen LogP contribution is 2.32. The van der Waals surface area contributed by atoms with Gasteiger partial charge < -0.3 is 9.15 Å². The number of nitrogens with zero attached hydrogens (tertiary/aromatic N) is 3. The fourth-order valence-electron chi connectivity index (χ4n) is 2.91. The second-order valence-electron chi connectivity index (χ2n) is 6.82. The summed E-state index contributed by atoms with van der Waals surface area (Å²) in [6, 6.07) is 16.4. The van der Waals surface area contributed by atoms with E-state index in [0.717, 1.165) is 5.56 Å². The number of hydrogen-bond donors (Lipinski definition) is 1. The van der Waals surface area contributed by atoms with Crippen molar-refractivity contribution in [3.63, 3.8) is 0 Å². The first-order chi connectivity index (χ1) is 15.0. The number of amides is 1. The molecule has 0 bridgehead atoms. The molecule has 2 aromatic carbocycles. The maximum absolute atomic E-state index is 12.4. The molecule has 0 aliphatic carbocycles. The summed E-state index contributed by atoms with van der Waals surface area (Å²) >= 11 is 12.1. The van der Waals surface area contributed by atoms with E-state index >= 15 is 0 Å². The molecule has 0 radical (unpaired) electrons. The van der Waals surface area contributed by atoms with Crippen LogP contribution in [0.25, 0.3) is 0 Å². The van der Waals surface area contributed by atoms with E-state index in [2.05, 4.69) is 21.5 Å². The van der Waals surface area contributed by atoms with Crippen molar-refractivity contribution in [2.75, 3.05) is 5.32 Å². The maximum atomic E-state index is 12.4. The predicted molar refractivity (Wildman–Crippen MR) is 118 cm³/mol. The molecule has 0 saturated heterocycles. The van der Waals surface area contributed by atoms with Gasteiger partial charge in [0.2, 0.25) is 5.95 Å². The minimum atomic E-state index is -0.458. The molecule has 0 aliphatic heterocycles. The molecular formula is C22H18Cl2N4O3. The number of nitrogens with one attached hydrogen (secondary N) is 1. The summed E-state index contributed by atoms with van der Waals surface area (Å²) in [5.74, 6) is 0.739. The molecule has 0 saturated carbocycles. The number of hydrogen-bond acceptors (Lipinski definition) is 5. The molecule has 4 rings (SSSR count). The zero-order valence-corrected chi connectivity index (χ0v) is 18.0. The third kappa shape index (κ3) is 5.25. The summed E-state index contributed by atoms with van der Waals surface area (Å²) in [7, 11) is 0. The first kappa shape index (κ1) is 21.0. The molecule has 0 fully saturated rings. The average Bonchev–Trinajstić information content (AvgIpc) is 3.39. The van der Waals surface area contributed by atoms with Crippen LogP contribution in [0.1, 0.15) is 27.4 Å². The average molecular weight is 457 g/mol. The minimum absolute atomic E-state index is 0.0940. The number of halogens is 2. The third-order valence-corrected chi connectivity index (χ3v) is 5.16. The number of carbonyl (C=O) groups is 1. The van der Waals surface area contributed by atoms with Crippen molar-refractivity contribution in [1.82, 2.24) is 14.8 Å². The highest BCUT2D eigenvalue weighted by Gasteiger charge is 2.15. The lowest BCUT2D eigenvalue weighted by atomic mass is 10.1. The van der Waals surface area contributed by atoms with E-state index in [1.165, 1.54) is 5.56 Å². The minimum Gasteiger partial charge on any atom is -0.484 e. The van der Waals surface area contributed by atoms with E-state index in [1.807, 2.05) is 25.1 Å². The van der Waals surface area contributed by atoms with Crippen LogP contribution in [0.4, 0.5) is 5.95 Å².